The molecule has 2 aliphatic heterocycles. The Morgan fingerprint density at radius 3 is 2.78 bits per heavy atom. The number of benzene rings is 1. The molecular weight excluding hydrogens is 312 g/mol. The molecule has 0 aliphatic carbocycles. The molecule has 3 rings (SSSR count). The molecule has 4 nitrogen and oxygen atoms in total. The van der Waals surface area contributed by atoms with Crippen LogP contribution in [0.1, 0.15) is 37.7 Å². The lowest BCUT2D eigenvalue weighted by molar-refractivity contribution is -0.124. The van der Waals surface area contributed by atoms with Gasteiger partial charge in [0, 0.05) is 30.2 Å². The number of carbonyl (C=O) groups is 1. The van der Waals surface area contributed by atoms with E-state index in [2.05, 4.69) is 16.7 Å². The molecule has 2 saturated heterocycles. The molecule has 2 aliphatic rings. The molecule has 0 saturated carbocycles. The fourth-order valence-corrected chi connectivity index (χ4v) is 3.99. The molecule has 5 heteroatoms. The van der Waals surface area contributed by atoms with Crippen molar-refractivity contribution in [1.29, 1.82) is 0 Å². The second kappa shape index (κ2) is 7.65. The zero-order chi connectivity index (χ0) is 16.1. The van der Waals surface area contributed by atoms with Crippen LogP contribution in [0.2, 0.25) is 5.02 Å². The third-order valence-corrected chi connectivity index (χ3v) is 5.45. The standard InChI is InChI=1S/C18H25ClN2O2/c19-15-6-2-1-5-14(15)18(8-11-23-12-9-18)13-21-17(22)16-7-3-4-10-20-16/h1-2,5-6,16,20H,3-4,7-13H2,(H,21,22). The van der Waals surface area contributed by atoms with Crippen molar-refractivity contribution in [1.82, 2.24) is 10.6 Å². The summed E-state index contributed by atoms with van der Waals surface area (Å²) < 4.78 is 5.54. The Bertz CT molecular complexity index is 538. The first-order valence-corrected chi connectivity index (χ1v) is 8.93. The van der Waals surface area contributed by atoms with Gasteiger partial charge in [0.2, 0.25) is 5.91 Å². The van der Waals surface area contributed by atoms with Crippen molar-refractivity contribution >= 4 is 17.5 Å². The molecule has 0 spiro atoms. The molecule has 0 radical (unpaired) electrons. The molecule has 1 atom stereocenters. The van der Waals surface area contributed by atoms with Gasteiger partial charge in [-0.1, -0.05) is 36.2 Å². The van der Waals surface area contributed by atoms with E-state index in [4.69, 9.17) is 16.3 Å². The highest BCUT2D eigenvalue weighted by Gasteiger charge is 2.37. The van der Waals surface area contributed by atoms with Crippen molar-refractivity contribution < 1.29 is 9.53 Å². The van der Waals surface area contributed by atoms with Crippen LogP contribution in [0.5, 0.6) is 0 Å². The molecule has 1 aromatic carbocycles. The predicted octanol–water partition coefficient (Wildman–Crippen LogP) is 2.65. The van der Waals surface area contributed by atoms with Crippen LogP contribution in [0.15, 0.2) is 24.3 Å². The van der Waals surface area contributed by atoms with E-state index < -0.39 is 0 Å². The van der Waals surface area contributed by atoms with E-state index in [1.165, 1.54) is 0 Å². The number of piperidine rings is 1. The SMILES string of the molecule is O=C(NCC1(c2ccccc2Cl)CCOCC1)C1CCCCN1. The third kappa shape index (κ3) is 3.87. The van der Waals surface area contributed by atoms with Crippen molar-refractivity contribution in [2.75, 3.05) is 26.3 Å². The molecule has 23 heavy (non-hydrogen) atoms. The normalized spacial score (nSPS) is 24.1. The zero-order valence-electron chi connectivity index (χ0n) is 13.4. The maximum absolute atomic E-state index is 12.5. The van der Waals surface area contributed by atoms with Crippen LogP contribution >= 0.6 is 11.6 Å². The molecule has 1 amide bonds. The second-order valence-corrected chi connectivity index (χ2v) is 7.00. The smallest absolute Gasteiger partial charge is 0.237 e. The molecule has 0 aromatic heterocycles. The Morgan fingerprint density at radius 2 is 2.09 bits per heavy atom. The fraction of sp³-hybridized carbons (Fsp3) is 0.611. The lowest BCUT2D eigenvalue weighted by Crippen LogP contribution is -2.51. The second-order valence-electron chi connectivity index (χ2n) is 6.59. The van der Waals surface area contributed by atoms with Crippen LogP contribution in [0, 0.1) is 0 Å². The summed E-state index contributed by atoms with van der Waals surface area (Å²) in [6.07, 6.45) is 4.97. The lowest BCUT2D eigenvalue weighted by Gasteiger charge is -2.39. The Hall–Kier alpha value is -1.10. The lowest BCUT2D eigenvalue weighted by atomic mass is 9.74. The van der Waals surface area contributed by atoms with E-state index in [9.17, 15) is 4.79 Å². The zero-order valence-corrected chi connectivity index (χ0v) is 14.2. The van der Waals surface area contributed by atoms with Crippen LogP contribution in [0.25, 0.3) is 0 Å². The Morgan fingerprint density at radius 1 is 1.30 bits per heavy atom. The first kappa shape index (κ1) is 16.7. The number of nitrogens with one attached hydrogen (secondary N) is 2. The first-order valence-electron chi connectivity index (χ1n) is 8.55. The molecule has 2 fully saturated rings. The number of amides is 1. The van der Waals surface area contributed by atoms with Gasteiger partial charge in [-0.05, 0) is 43.9 Å². The summed E-state index contributed by atoms with van der Waals surface area (Å²) in [5.41, 5.74) is 1.00. The van der Waals surface area contributed by atoms with Crippen molar-refractivity contribution in [2.45, 2.75) is 43.6 Å². The van der Waals surface area contributed by atoms with Crippen LogP contribution in [-0.4, -0.2) is 38.3 Å². The average Bonchev–Trinajstić information content (AvgIpc) is 2.61. The highest BCUT2D eigenvalue weighted by atomic mass is 35.5. The van der Waals surface area contributed by atoms with E-state index in [1.54, 1.807) is 0 Å². The van der Waals surface area contributed by atoms with Crippen molar-refractivity contribution in [3.63, 3.8) is 0 Å². The average molecular weight is 337 g/mol. The Balaban J connectivity index is 1.72. The van der Waals surface area contributed by atoms with E-state index in [-0.39, 0.29) is 17.4 Å². The van der Waals surface area contributed by atoms with Gasteiger partial charge in [-0.3, -0.25) is 4.79 Å². The van der Waals surface area contributed by atoms with Gasteiger partial charge in [-0.2, -0.15) is 0 Å². The molecular formula is C18H25ClN2O2. The minimum Gasteiger partial charge on any atom is -0.381 e. The highest BCUT2D eigenvalue weighted by molar-refractivity contribution is 6.31. The third-order valence-electron chi connectivity index (χ3n) is 5.12. The maximum atomic E-state index is 12.5. The van der Waals surface area contributed by atoms with Gasteiger partial charge in [0.1, 0.15) is 0 Å². The fourth-order valence-electron chi connectivity index (χ4n) is 3.65. The quantitative estimate of drug-likeness (QED) is 0.888. The van der Waals surface area contributed by atoms with E-state index >= 15 is 0 Å². The van der Waals surface area contributed by atoms with Gasteiger partial charge in [-0.25, -0.2) is 0 Å². The predicted molar refractivity (Wildman–Crippen MR) is 91.8 cm³/mol. The van der Waals surface area contributed by atoms with Crippen molar-refractivity contribution in [2.24, 2.45) is 0 Å². The summed E-state index contributed by atoms with van der Waals surface area (Å²) >= 11 is 6.45. The van der Waals surface area contributed by atoms with Crippen LogP contribution < -0.4 is 10.6 Å². The van der Waals surface area contributed by atoms with Gasteiger partial charge in [0.05, 0.1) is 6.04 Å². The topological polar surface area (TPSA) is 50.4 Å². The number of carbonyl (C=O) groups excluding carboxylic acids is 1. The summed E-state index contributed by atoms with van der Waals surface area (Å²) in [4.78, 5) is 12.5. The summed E-state index contributed by atoms with van der Waals surface area (Å²) in [5.74, 6) is 0.114. The summed E-state index contributed by atoms with van der Waals surface area (Å²) in [6, 6.07) is 7.93. The van der Waals surface area contributed by atoms with Gasteiger partial charge < -0.3 is 15.4 Å². The molecule has 1 aromatic rings. The van der Waals surface area contributed by atoms with Crippen molar-refractivity contribution in [3.05, 3.63) is 34.9 Å². The van der Waals surface area contributed by atoms with E-state index in [1.807, 2.05) is 18.2 Å². The van der Waals surface area contributed by atoms with Gasteiger partial charge in [0.25, 0.3) is 0 Å². The first-order chi connectivity index (χ1) is 11.2. The van der Waals surface area contributed by atoms with Gasteiger partial charge in [0.15, 0.2) is 0 Å². The number of ether oxygens (including phenoxy) is 1. The number of rotatable bonds is 4. The van der Waals surface area contributed by atoms with Gasteiger partial charge in [-0.15, -0.1) is 0 Å². The van der Waals surface area contributed by atoms with Crippen LogP contribution in [-0.2, 0) is 14.9 Å². The summed E-state index contributed by atoms with van der Waals surface area (Å²) in [6.45, 7) is 2.98. The highest BCUT2D eigenvalue weighted by Crippen LogP contribution is 2.38. The van der Waals surface area contributed by atoms with Crippen LogP contribution in [0.4, 0.5) is 0 Å². The molecule has 0 bridgehead atoms. The molecule has 2 heterocycles. The Kier molecular flexibility index (Phi) is 5.57. The van der Waals surface area contributed by atoms with E-state index in [0.717, 1.165) is 49.2 Å². The van der Waals surface area contributed by atoms with Gasteiger partial charge >= 0.3 is 0 Å². The number of hydrogen-bond acceptors (Lipinski definition) is 3. The van der Waals surface area contributed by atoms with E-state index in [0.29, 0.717) is 19.8 Å². The minimum absolute atomic E-state index is 0.0492. The summed E-state index contributed by atoms with van der Waals surface area (Å²) in [7, 11) is 0. The monoisotopic (exact) mass is 336 g/mol. The number of hydrogen-bond donors (Lipinski definition) is 2. The number of halogens is 1. The molecule has 2 N–H and O–H groups in total. The Labute approximate surface area is 142 Å². The largest absolute Gasteiger partial charge is 0.381 e. The summed E-state index contributed by atoms with van der Waals surface area (Å²) in [5, 5.41) is 7.26. The molecule has 1 unspecified atom stereocenters. The van der Waals surface area contributed by atoms with Crippen LogP contribution in [0.3, 0.4) is 0 Å². The minimum atomic E-state index is -0.124. The van der Waals surface area contributed by atoms with Crippen molar-refractivity contribution in [3.8, 4) is 0 Å². The molecule has 126 valence electrons. The maximum Gasteiger partial charge on any atom is 0.237 e.